The van der Waals surface area contributed by atoms with E-state index >= 15 is 0 Å². The summed E-state index contributed by atoms with van der Waals surface area (Å²) in [5.41, 5.74) is 1.87. The SMILES string of the molecule is Cc1cc(C)n(-c2cc(NC(=O)NCc3cccs3)ncn2)n1. The number of hydrogen-bond acceptors (Lipinski definition) is 5. The molecule has 8 heteroatoms. The average Bonchev–Trinajstić information content (AvgIpc) is 3.15. The van der Waals surface area contributed by atoms with Gasteiger partial charge >= 0.3 is 6.03 Å². The predicted octanol–water partition coefficient (Wildman–Crippen LogP) is 2.66. The van der Waals surface area contributed by atoms with Gasteiger partial charge in [0.1, 0.15) is 12.1 Å². The van der Waals surface area contributed by atoms with Gasteiger partial charge in [0.05, 0.1) is 12.2 Å². The highest BCUT2D eigenvalue weighted by atomic mass is 32.1. The molecule has 23 heavy (non-hydrogen) atoms. The molecule has 0 fully saturated rings. The van der Waals surface area contributed by atoms with Gasteiger partial charge in [-0.25, -0.2) is 19.4 Å². The van der Waals surface area contributed by atoms with Gasteiger partial charge in [-0.2, -0.15) is 5.10 Å². The minimum atomic E-state index is -0.309. The molecule has 3 aromatic heterocycles. The van der Waals surface area contributed by atoms with Crippen LogP contribution in [0.3, 0.4) is 0 Å². The molecule has 0 saturated heterocycles. The van der Waals surface area contributed by atoms with E-state index < -0.39 is 0 Å². The number of thiophene rings is 1. The fourth-order valence-electron chi connectivity index (χ4n) is 2.13. The molecule has 7 nitrogen and oxygen atoms in total. The zero-order chi connectivity index (χ0) is 16.2. The second kappa shape index (κ2) is 6.57. The van der Waals surface area contributed by atoms with E-state index in [1.54, 1.807) is 22.1 Å². The maximum absolute atomic E-state index is 11.9. The minimum absolute atomic E-state index is 0.309. The molecule has 0 atom stereocenters. The van der Waals surface area contributed by atoms with Crippen LogP contribution < -0.4 is 10.6 Å². The summed E-state index contributed by atoms with van der Waals surface area (Å²) in [4.78, 5) is 21.3. The molecule has 0 aliphatic rings. The van der Waals surface area contributed by atoms with Crippen LogP contribution in [0.5, 0.6) is 0 Å². The average molecular weight is 328 g/mol. The van der Waals surface area contributed by atoms with Gasteiger partial charge in [0.15, 0.2) is 5.82 Å². The van der Waals surface area contributed by atoms with Crippen molar-refractivity contribution in [1.29, 1.82) is 0 Å². The van der Waals surface area contributed by atoms with Crippen molar-refractivity contribution in [1.82, 2.24) is 25.1 Å². The van der Waals surface area contributed by atoms with Gasteiger partial charge in [-0.05, 0) is 31.4 Å². The first-order valence-corrected chi connectivity index (χ1v) is 7.93. The molecule has 0 aliphatic heterocycles. The largest absolute Gasteiger partial charge is 0.333 e. The molecular formula is C15H16N6OS. The summed E-state index contributed by atoms with van der Waals surface area (Å²) in [6.07, 6.45) is 1.40. The first-order chi connectivity index (χ1) is 11.1. The van der Waals surface area contributed by atoms with Gasteiger partial charge < -0.3 is 5.32 Å². The molecule has 2 amide bonds. The second-order valence-corrected chi connectivity index (χ2v) is 6.02. The van der Waals surface area contributed by atoms with Crippen LogP contribution in [-0.4, -0.2) is 25.8 Å². The number of aromatic nitrogens is 4. The Bertz CT molecular complexity index is 811. The molecule has 0 bridgehead atoms. The third-order valence-corrected chi connectivity index (χ3v) is 4.00. The smallest absolute Gasteiger partial charge is 0.320 e. The van der Waals surface area contributed by atoms with Crippen LogP contribution in [0.1, 0.15) is 16.3 Å². The Hall–Kier alpha value is -2.74. The molecule has 3 aromatic rings. The van der Waals surface area contributed by atoms with Gasteiger partial charge in [0.25, 0.3) is 0 Å². The van der Waals surface area contributed by atoms with E-state index in [0.717, 1.165) is 16.3 Å². The fraction of sp³-hybridized carbons (Fsp3) is 0.200. The van der Waals surface area contributed by atoms with Crippen molar-refractivity contribution < 1.29 is 4.79 Å². The molecular weight excluding hydrogens is 312 g/mol. The number of amides is 2. The van der Waals surface area contributed by atoms with Crippen molar-refractivity contribution in [2.45, 2.75) is 20.4 Å². The first-order valence-electron chi connectivity index (χ1n) is 7.05. The van der Waals surface area contributed by atoms with Crippen LogP contribution in [0.2, 0.25) is 0 Å². The number of rotatable bonds is 4. The Labute approximate surface area is 137 Å². The highest BCUT2D eigenvalue weighted by Crippen LogP contribution is 2.12. The van der Waals surface area contributed by atoms with Gasteiger partial charge in [0.2, 0.25) is 0 Å². The third kappa shape index (κ3) is 3.72. The fourth-order valence-corrected chi connectivity index (χ4v) is 2.78. The van der Waals surface area contributed by atoms with Crippen molar-refractivity contribution >= 4 is 23.2 Å². The first kappa shape index (κ1) is 15.2. The number of nitrogens with zero attached hydrogens (tertiary/aromatic N) is 4. The normalized spacial score (nSPS) is 10.5. The van der Waals surface area contributed by atoms with E-state index in [9.17, 15) is 4.79 Å². The van der Waals surface area contributed by atoms with E-state index in [2.05, 4.69) is 25.7 Å². The lowest BCUT2D eigenvalue weighted by Crippen LogP contribution is -2.28. The van der Waals surface area contributed by atoms with Crippen LogP contribution in [0.25, 0.3) is 5.82 Å². The van der Waals surface area contributed by atoms with E-state index in [0.29, 0.717) is 18.2 Å². The number of nitrogens with one attached hydrogen (secondary N) is 2. The van der Waals surface area contributed by atoms with E-state index in [1.807, 2.05) is 37.4 Å². The summed E-state index contributed by atoms with van der Waals surface area (Å²) in [5, 5.41) is 11.8. The molecule has 0 aliphatic carbocycles. The monoisotopic (exact) mass is 328 g/mol. The standard InChI is InChI=1S/C15H16N6OS/c1-10-6-11(2)21(20-10)14-7-13(17-9-18-14)19-15(22)16-8-12-4-3-5-23-12/h3-7,9H,8H2,1-2H3,(H2,16,17,18,19,22). The highest BCUT2D eigenvalue weighted by Gasteiger charge is 2.08. The molecule has 118 valence electrons. The molecule has 0 aromatic carbocycles. The molecule has 2 N–H and O–H groups in total. The van der Waals surface area contributed by atoms with E-state index in [4.69, 9.17) is 0 Å². The van der Waals surface area contributed by atoms with Crippen molar-refractivity contribution in [2.75, 3.05) is 5.32 Å². The van der Waals surface area contributed by atoms with Crippen LogP contribution in [0.15, 0.2) is 36.0 Å². The van der Waals surface area contributed by atoms with Crippen molar-refractivity contribution in [3.63, 3.8) is 0 Å². The quantitative estimate of drug-likeness (QED) is 0.771. The number of urea groups is 1. The lowest BCUT2D eigenvalue weighted by molar-refractivity contribution is 0.251. The predicted molar refractivity (Wildman–Crippen MR) is 88.8 cm³/mol. The molecule has 0 saturated carbocycles. The van der Waals surface area contributed by atoms with Crippen molar-refractivity contribution in [3.05, 3.63) is 52.2 Å². The van der Waals surface area contributed by atoms with Gasteiger partial charge in [-0.3, -0.25) is 5.32 Å². The number of anilines is 1. The maximum atomic E-state index is 11.9. The van der Waals surface area contributed by atoms with Crippen LogP contribution in [-0.2, 0) is 6.54 Å². The lowest BCUT2D eigenvalue weighted by atomic mass is 10.4. The maximum Gasteiger partial charge on any atom is 0.320 e. The summed E-state index contributed by atoms with van der Waals surface area (Å²) >= 11 is 1.60. The number of carbonyl (C=O) groups is 1. The third-order valence-electron chi connectivity index (χ3n) is 3.12. The van der Waals surface area contributed by atoms with Crippen LogP contribution in [0.4, 0.5) is 10.6 Å². The summed E-state index contributed by atoms with van der Waals surface area (Å²) in [6, 6.07) is 7.25. The van der Waals surface area contributed by atoms with Crippen LogP contribution >= 0.6 is 11.3 Å². The zero-order valence-corrected chi connectivity index (χ0v) is 13.6. The van der Waals surface area contributed by atoms with Crippen molar-refractivity contribution in [3.8, 4) is 5.82 Å². The molecule has 0 unspecified atom stereocenters. The highest BCUT2D eigenvalue weighted by molar-refractivity contribution is 7.09. The van der Waals surface area contributed by atoms with Gasteiger partial charge in [-0.1, -0.05) is 6.07 Å². The number of carbonyl (C=O) groups excluding carboxylic acids is 1. The Morgan fingerprint density at radius 1 is 1.30 bits per heavy atom. The Balaban J connectivity index is 1.67. The summed E-state index contributed by atoms with van der Waals surface area (Å²) in [7, 11) is 0. The number of aryl methyl sites for hydroxylation is 2. The zero-order valence-electron chi connectivity index (χ0n) is 12.8. The van der Waals surface area contributed by atoms with Crippen molar-refractivity contribution in [2.24, 2.45) is 0 Å². The van der Waals surface area contributed by atoms with E-state index in [1.165, 1.54) is 6.33 Å². The molecule has 3 heterocycles. The molecule has 0 spiro atoms. The molecule has 3 rings (SSSR count). The Kier molecular flexibility index (Phi) is 4.33. The summed E-state index contributed by atoms with van der Waals surface area (Å²) in [6.45, 7) is 4.35. The topological polar surface area (TPSA) is 84.7 Å². The molecule has 0 radical (unpaired) electrons. The number of hydrogen-bond donors (Lipinski definition) is 2. The Morgan fingerprint density at radius 3 is 2.87 bits per heavy atom. The minimum Gasteiger partial charge on any atom is -0.333 e. The Morgan fingerprint density at radius 2 is 2.17 bits per heavy atom. The van der Waals surface area contributed by atoms with E-state index in [-0.39, 0.29) is 6.03 Å². The lowest BCUT2D eigenvalue weighted by Gasteiger charge is -2.08. The second-order valence-electron chi connectivity index (χ2n) is 4.99. The van der Waals surface area contributed by atoms with Gasteiger partial charge in [0, 0.05) is 16.6 Å². The summed E-state index contributed by atoms with van der Waals surface area (Å²) in [5.74, 6) is 1.03. The van der Waals surface area contributed by atoms with Gasteiger partial charge in [-0.15, -0.1) is 11.3 Å². The van der Waals surface area contributed by atoms with Crippen LogP contribution in [0, 0.1) is 13.8 Å². The summed E-state index contributed by atoms with van der Waals surface area (Å²) < 4.78 is 1.71.